The van der Waals surface area contributed by atoms with E-state index < -0.39 is 18.1 Å². The predicted molar refractivity (Wildman–Crippen MR) is 93.4 cm³/mol. The van der Waals surface area contributed by atoms with E-state index in [0.717, 1.165) is 11.1 Å². The molecule has 1 aliphatic heterocycles. The molecule has 0 radical (unpaired) electrons. The van der Waals surface area contributed by atoms with Gasteiger partial charge in [-0.05, 0) is 25.5 Å². The van der Waals surface area contributed by atoms with Gasteiger partial charge in [0.15, 0.2) is 0 Å². The summed E-state index contributed by atoms with van der Waals surface area (Å²) in [6.45, 7) is 3.60. The third-order valence-electron chi connectivity index (χ3n) is 4.61. The minimum atomic E-state index is -0.604. The van der Waals surface area contributed by atoms with Gasteiger partial charge in [0.25, 0.3) is 0 Å². The quantitative estimate of drug-likeness (QED) is 0.847. The highest BCUT2D eigenvalue weighted by Crippen LogP contribution is 2.35. The molecular weight excluding hydrogens is 318 g/mol. The maximum atomic E-state index is 13.0. The Hall–Kier alpha value is -2.82. The number of carbonyl (C=O) groups is 2. The lowest BCUT2D eigenvalue weighted by Gasteiger charge is -2.23. The fourth-order valence-corrected chi connectivity index (χ4v) is 3.21. The molecule has 2 amide bonds. The van der Waals surface area contributed by atoms with Crippen molar-refractivity contribution in [3.63, 3.8) is 0 Å². The van der Waals surface area contributed by atoms with Gasteiger partial charge in [0.1, 0.15) is 11.9 Å². The average Bonchev–Trinajstić information content (AvgIpc) is 2.95. The molecule has 1 heterocycles. The summed E-state index contributed by atoms with van der Waals surface area (Å²) >= 11 is 0. The standard InChI is InChI=1S/C20H21NO4/c1-13(16-11-7-8-12-17(16)24-3)19(22)21-14(2)18(25-20(21)23)15-9-5-4-6-10-15/h4-14,18H,1-3H3/t13-,14-,18+/m0/s1. The van der Waals surface area contributed by atoms with Gasteiger partial charge < -0.3 is 9.47 Å². The zero-order valence-corrected chi connectivity index (χ0v) is 14.5. The molecule has 1 aliphatic rings. The topological polar surface area (TPSA) is 55.8 Å². The number of nitrogens with zero attached hydrogens (tertiary/aromatic N) is 1. The van der Waals surface area contributed by atoms with Crippen LogP contribution < -0.4 is 4.74 Å². The summed E-state index contributed by atoms with van der Waals surface area (Å²) in [5, 5.41) is 0. The van der Waals surface area contributed by atoms with E-state index in [0.29, 0.717) is 5.75 Å². The zero-order chi connectivity index (χ0) is 18.0. The Balaban J connectivity index is 1.85. The molecule has 5 nitrogen and oxygen atoms in total. The summed E-state index contributed by atoms with van der Waals surface area (Å²) in [5.41, 5.74) is 1.63. The van der Waals surface area contributed by atoms with E-state index >= 15 is 0 Å². The number of hydrogen-bond acceptors (Lipinski definition) is 4. The van der Waals surface area contributed by atoms with Crippen molar-refractivity contribution < 1.29 is 19.1 Å². The van der Waals surface area contributed by atoms with E-state index in [1.165, 1.54) is 4.90 Å². The summed E-state index contributed by atoms with van der Waals surface area (Å²) in [5.74, 6) is -0.177. The van der Waals surface area contributed by atoms with Gasteiger partial charge in [0.2, 0.25) is 5.91 Å². The van der Waals surface area contributed by atoms with Gasteiger partial charge >= 0.3 is 6.09 Å². The Morgan fingerprint density at radius 1 is 1.12 bits per heavy atom. The van der Waals surface area contributed by atoms with E-state index in [1.807, 2.05) is 55.5 Å². The summed E-state index contributed by atoms with van der Waals surface area (Å²) in [6.07, 6.45) is -1.06. The molecule has 0 spiro atoms. The van der Waals surface area contributed by atoms with Crippen LogP contribution in [0.4, 0.5) is 4.79 Å². The lowest BCUT2D eigenvalue weighted by molar-refractivity contribution is -0.130. The Labute approximate surface area is 147 Å². The lowest BCUT2D eigenvalue weighted by atomic mass is 9.97. The normalized spacial score (nSPS) is 20.9. The number of cyclic esters (lactones) is 1. The molecule has 0 aliphatic carbocycles. The maximum absolute atomic E-state index is 13.0. The minimum absolute atomic E-state index is 0.291. The van der Waals surface area contributed by atoms with Gasteiger partial charge in [-0.3, -0.25) is 4.79 Å². The first-order chi connectivity index (χ1) is 12.0. The van der Waals surface area contributed by atoms with Crippen LogP contribution in [0.2, 0.25) is 0 Å². The first-order valence-corrected chi connectivity index (χ1v) is 8.26. The highest BCUT2D eigenvalue weighted by molar-refractivity contribution is 5.97. The first-order valence-electron chi connectivity index (χ1n) is 8.26. The van der Waals surface area contributed by atoms with Crippen LogP contribution in [0.1, 0.15) is 37.0 Å². The second-order valence-electron chi connectivity index (χ2n) is 6.13. The molecule has 0 aromatic heterocycles. The van der Waals surface area contributed by atoms with Crippen molar-refractivity contribution in [3.8, 4) is 5.75 Å². The number of amides is 2. The molecule has 25 heavy (non-hydrogen) atoms. The summed E-state index contributed by atoms with van der Waals surface area (Å²) in [6, 6.07) is 16.4. The molecule has 130 valence electrons. The summed E-state index contributed by atoms with van der Waals surface area (Å²) < 4.78 is 10.8. The highest BCUT2D eigenvalue weighted by atomic mass is 16.6. The number of benzene rings is 2. The summed E-state index contributed by atoms with van der Waals surface area (Å²) in [4.78, 5) is 26.5. The van der Waals surface area contributed by atoms with Gasteiger partial charge in [0, 0.05) is 5.56 Å². The van der Waals surface area contributed by atoms with Gasteiger partial charge in [-0.25, -0.2) is 9.69 Å². The molecule has 2 aromatic carbocycles. The fraction of sp³-hybridized carbons (Fsp3) is 0.300. The molecule has 0 N–H and O–H groups in total. The van der Waals surface area contributed by atoms with E-state index in [9.17, 15) is 9.59 Å². The second-order valence-corrected chi connectivity index (χ2v) is 6.13. The average molecular weight is 339 g/mol. The molecule has 2 aromatic rings. The number of ether oxygens (including phenoxy) is 2. The van der Waals surface area contributed by atoms with Crippen molar-refractivity contribution in [3.05, 3.63) is 65.7 Å². The minimum Gasteiger partial charge on any atom is -0.496 e. The molecule has 3 atom stereocenters. The number of hydrogen-bond donors (Lipinski definition) is 0. The number of para-hydroxylation sites is 1. The number of imide groups is 1. The highest BCUT2D eigenvalue weighted by Gasteiger charge is 2.44. The molecule has 0 bridgehead atoms. The Kier molecular flexibility index (Phi) is 4.74. The largest absolute Gasteiger partial charge is 0.496 e. The van der Waals surface area contributed by atoms with E-state index in [4.69, 9.17) is 9.47 Å². The predicted octanol–water partition coefficient (Wildman–Crippen LogP) is 3.91. The van der Waals surface area contributed by atoms with Crippen LogP contribution >= 0.6 is 0 Å². The van der Waals surface area contributed by atoms with Gasteiger partial charge in [-0.15, -0.1) is 0 Å². The van der Waals surface area contributed by atoms with Crippen molar-refractivity contribution >= 4 is 12.0 Å². The monoisotopic (exact) mass is 339 g/mol. The zero-order valence-electron chi connectivity index (χ0n) is 14.5. The molecular formula is C20H21NO4. The summed E-state index contributed by atoms with van der Waals surface area (Å²) in [7, 11) is 1.56. The van der Waals surface area contributed by atoms with Crippen LogP contribution in [-0.4, -0.2) is 30.1 Å². The molecule has 0 saturated carbocycles. The third kappa shape index (κ3) is 3.09. The van der Waals surface area contributed by atoms with Crippen molar-refractivity contribution in [2.24, 2.45) is 0 Å². The number of carbonyl (C=O) groups excluding carboxylic acids is 2. The van der Waals surface area contributed by atoms with Crippen LogP contribution in [0.3, 0.4) is 0 Å². The Morgan fingerprint density at radius 3 is 2.44 bits per heavy atom. The molecule has 0 unspecified atom stereocenters. The molecule has 3 rings (SSSR count). The van der Waals surface area contributed by atoms with Crippen molar-refractivity contribution in [1.29, 1.82) is 0 Å². The van der Waals surface area contributed by atoms with Gasteiger partial charge in [-0.1, -0.05) is 48.5 Å². The van der Waals surface area contributed by atoms with Crippen LogP contribution in [0.15, 0.2) is 54.6 Å². The van der Waals surface area contributed by atoms with Gasteiger partial charge in [0.05, 0.1) is 19.1 Å². The van der Waals surface area contributed by atoms with Crippen molar-refractivity contribution in [2.75, 3.05) is 7.11 Å². The molecule has 5 heteroatoms. The SMILES string of the molecule is COc1ccccc1[C@H](C)C(=O)N1C(=O)O[C@@H](c2ccccc2)[C@@H]1C. The number of methoxy groups -OCH3 is 1. The van der Waals surface area contributed by atoms with Crippen LogP contribution in [0.5, 0.6) is 5.75 Å². The van der Waals surface area contributed by atoms with E-state index in [1.54, 1.807) is 20.1 Å². The fourth-order valence-electron chi connectivity index (χ4n) is 3.21. The van der Waals surface area contributed by atoms with Crippen LogP contribution in [0.25, 0.3) is 0 Å². The van der Waals surface area contributed by atoms with E-state index in [-0.39, 0.29) is 11.9 Å². The third-order valence-corrected chi connectivity index (χ3v) is 4.61. The molecule has 1 saturated heterocycles. The smallest absolute Gasteiger partial charge is 0.417 e. The maximum Gasteiger partial charge on any atom is 0.417 e. The Bertz CT molecular complexity index is 774. The van der Waals surface area contributed by atoms with Crippen molar-refractivity contribution in [2.45, 2.75) is 31.9 Å². The number of rotatable bonds is 4. The van der Waals surface area contributed by atoms with Crippen LogP contribution in [0, 0.1) is 0 Å². The van der Waals surface area contributed by atoms with Crippen molar-refractivity contribution in [1.82, 2.24) is 4.90 Å². The van der Waals surface area contributed by atoms with Gasteiger partial charge in [-0.2, -0.15) is 0 Å². The second kappa shape index (κ2) is 6.97. The Morgan fingerprint density at radius 2 is 1.76 bits per heavy atom. The molecule has 1 fully saturated rings. The van der Waals surface area contributed by atoms with Crippen LogP contribution in [-0.2, 0) is 9.53 Å². The van der Waals surface area contributed by atoms with E-state index in [2.05, 4.69) is 0 Å². The lowest BCUT2D eigenvalue weighted by Crippen LogP contribution is -2.40. The first kappa shape index (κ1) is 17.0.